The van der Waals surface area contributed by atoms with E-state index in [1.54, 1.807) is 6.92 Å². The molecule has 5 heteroatoms. The molecule has 0 heterocycles. The van der Waals surface area contributed by atoms with Crippen molar-refractivity contribution in [2.45, 2.75) is 6.92 Å². The Morgan fingerprint density at radius 3 is 2.79 bits per heavy atom. The molecule has 1 aromatic rings. The molecule has 4 nitrogen and oxygen atoms in total. The molecule has 1 rings (SSSR count). The Labute approximate surface area is 88.1 Å². The molecule has 0 atom stereocenters. The molecule has 0 amide bonds. The van der Waals surface area contributed by atoms with E-state index in [0.717, 1.165) is 0 Å². The Hall–Kier alpha value is -1.42. The third-order valence-electron chi connectivity index (χ3n) is 1.53. The van der Waals surface area contributed by atoms with E-state index in [0.29, 0.717) is 5.69 Å². The molecule has 78 valence electrons. The van der Waals surface area contributed by atoms with Gasteiger partial charge in [0.05, 0.1) is 12.2 Å². The lowest BCUT2D eigenvalue weighted by Crippen LogP contribution is -2.07. The van der Waals surface area contributed by atoms with Gasteiger partial charge in [-0.3, -0.25) is 0 Å². The molecular weight excluding hydrogens is 206 g/mol. The molecule has 1 aromatic carbocycles. The summed E-state index contributed by atoms with van der Waals surface area (Å²) in [7, 11) is 0. The number of phenols is 1. The fourth-order valence-electron chi connectivity index (χ4n) is 0.930. The molecular formula is C9H12ClNO3. The molecule has 0 fully saturated rings. The maximum Gasteiger partial charge on any atom is 0.340 e. The lowest BCUT2D eigenvalue weighted by atomic mass is 10.2. The second kappa shape index (κ2) is 5.34. The second-order valence-electron chi connectivity index (χ2n) is 2.49. The van der Waals surface area contributed by atoms with Crippen molar-refractivity contribution in [1.29, 1.82) is 0 Å². The van der Waals surface area contributed by atoms with Crippen LogP contribution in [-0.4, -0.2) is 17.7 Å². The zero-order chi connectivity index (χ0) is 9.84. The molecule has 0 aliphatic carbocycles. The maximum absolute atomic E-state index is 11.2. The number of nitrogen functional groups attached to an aromatic ring is 1. The zero-order valence-electron chi connectivity index (χ0n) is 7.69. The summed E-state index contributed by atoms with van der Waals surface area (Å²) in [5.41, 5.74) is 6.01. The maximum atomic E-state index is 11.2. The van der Waals surface area contributed by atoms with E-state index in [4.69, 9.17) is 15.6 Å². The molecule has 0 saturated carbocycles. The van der Waals surface area contributed by atoms with E-state index in [-0.39, 0.29) is 30.3 Å². The van der Waals surface area contributed by atoms with Crippen molar-refractivity contribution in [3.05, 3.63) is 23.8 Å². The first kappa shape index (κ1) is 12.6. The van der Waals surface area contributed by atoms with Crippen LogP contribution in [-0.2, 0) is 4.74 Å². The average molecular weight is 218 g/mol. The SMILES string of the molecule is CCOC(=O)c1cc(O)ccc1N.Cl. The number of esters is 1. The zero-order valence-corrected chi connectivity index (χ0v) is 8.50. The van der Waals surface area contributed by atoms with Gasteiger partial charge in [0.2, 0.25) is 0 Å². The van der Waals surface area contributed by atoms with Gasteiger partial charge in [0, 0.05) is 5.69 Å². The van der Waals surface area contributed by atoms with E-state index in [1.165, 1.54) is 18.2 Å². The lowest BCUT2D eigenvalue weighted by molar-refractivity contribution is 0.0527. The Morgan fingerprint density at radius 2 is 2.21 bits per heavy atom. The van der Waals surface area contributed by atoms with Crippen molar-refractivity contribution in [1.82, 2.24) is 0 Å². The topological polar surface area (TPSA) is 72.5 Å². The van der Waals surface area contributed by atoms with Crippen LogP contribution in [0.15, 0.2) is 18.2 Å². The Balaban J connectivity index is 0.00000169. The van der Waals surface area contributed by atoms with Gasteiger partial charge in [0.25, 0.3) is 0 Å². The number of hydrogen-bond acceptors (Lipinski definition) is 4. The Bertz CT molecular complexity index is 328. The highest BCUT2D eigenvalue weighted by Crippen LogP contribution is 2.18. The number of halogens is 1. The number of nitrogens with two attached hydrogens (primary N) is 1. The fraction of sp³-hybridized carbons (Fsp3) is 0.222. The summed E-state index contributed by atoms with van der Waals surface area (Å²) in [5, 5.41) is 9.09. The summed E-state index contributed by atoms with van der Waals surface area (Å²) < 4.78 is 4.73. The number of hydrogen-bond donors (Lipinski definition) is 2. The number of benzene rings is 1. The third kappa shape index (κ3) is 2.81. The van der Waals surface area contributed by atoms with Gasteiger partial charge in [-0.2, -0.15) is 0 Å². The van der Waals surface area contributed by atoms with Gasteiger partial charge in [-0.1, -0.05) is 0 Å². The summed E-state index contributed by atoms with van der Waals surface area (Å²) in [5.74, 6) is -0.520. The number of anilines is 1. The molecule has 14 heavy (non-hydrogen) atoms. The summed E-state index contributed by atoms with van der Waals surface area (Å²) in [4.78, 5) is 11.2. The van der Waals surface area contributed by atoms with Crippen LogP contribution in [0.2, 0.25) is 0 Å². The first-order valence-electron chi connectivity index (χ1n) is 3.90. The van der Waals surface area contributed by atoms with E-state index < -0.39 is 5.97 Å². The Kier molecular flexibility index (Phi) is 4.80. The molecule has 0 saturated heterocycles. The van der Waals surface area contributed by atoms with Crippen LogP contribution in [0, 0.1) is 0 Å². The molecule has 3 N–H and O–H groups in total. The van der Waals surface area contributed by atoms with Crippen LogP contribution in [0.1, 0.15) is 17.3 Å². The highest BCUT2D eigenvalue weighted by Gasteiger charge is 2.10. The monoisotopic (exact) mass is 217 g/mol. The van der Waals surface area contributed by atoms with Crippen molar-refractivity contribution >= 4 is 24.1 Å². The highest BCUT2D eigenvalue weighted by molar-refractivity contribution is 5.95. The van der Waals surface area contributed by atoms with Crippen molar-refractivity contribution in [3.63, 3.8) is 0 Å². The molecule has 0 aliphatic heterocycles. The van der Waals surface area contributed by atoms with Crippen molar-refractivity contribution < 1.29 is 14.6 Å². The summed E-state index contributed by atoms with van der Waals surface area (Å²) in [6, 6.07) is 4.16. The summed E-state index contributed by atoms with van der Waals surface area (Å²) >= 11 is 0. The first-order valence-corrected chi connectivity index (χ1v) is 3.90. The van der Waals surface area contributed by atoms with E-state index in [9.17, 15) is 4.79 Å². The number of ether oxygens (including phenoxy) is 1. The quantitative estimate of drug-likeness (QED) is 0.448. The van der Waals surface area contributed by atoms with E-state index >= 15 is 0 Å². The van der Waals surface area contributed by atoms with Gasteiger partial charge >= 0.3 is 5.97 Å². The minimum Gasteiger partial charge on any atom is -0.508 e. The molecule has 0 bridgehead atoms. The smallest absolute Gasteiger partial charge is 0.340 e. The van der Waals surface area contributed by atoms with Crippen molar-refractivity contribution in [3.8, 4) is 5.75 Å². The third-order valence-corrected chi connectivity index (χ3v) is 1.53. The largest absolute Gasteiger partial charge is 0.508 e. The predicted molar refractivity (Wildman–Crippen MR) is 55.7 cm³/mol. The summed E-state index contributed by atoms with van der Waals surface area (Å²) in [6.07, 6.45) is 0. The number of aromatic hydroxyl groups is 1. The van der Waals surface area contributed by atoms with Gasteiger partial charge in [-0.05, 0) is 25.1 Å². The second-order valence-corrected chi connectivity index (χ2v) is 2.49. The molecule has 0 spiro atoms. The first-order chi connectivity index (χ1) is 6.15. The van der Waals surface area contributed by atoms with Crippen molar-refractivity contribution in [2.24, 2.45) is 0 Å². The van der Waals surface area contributed by atoms with Gasteiger partial charge in [0.15, 0.2) is 0 Å². The molecule has 0 unspecified atom stereocenters. The van der Waals surface area contributed by atoms with E-state index in [2.05, 4.69) is 0 Å². The summed E-state index contributed by atoms with van der Waals surface area (Å²) in [6.45, 7) is 1.99. The number of carbonyl (C=O) groups excluding carboxylic acids is 1. The standard InChI is InChI=1S/C9H11NO3.ClH/c1-2-13-9(12)7-5-6(11)3-4-8(7)10;/h3-5,11H,2,10H2,1H3;1H. The van der Waals surface area contributed by atoms with Crippen molar-refractivity contribution in [2.75, 3.05) is 12.3 Å². The molecule has 0 aliphatic rings. The minimum atomic E-state index is -0.518. The van der Waals surface area contributed by atoms with Crippen LogP contribution < -0.4 is 5.73 Å². The van der Waals surface area contributed by atoms with Gasteiger partial charge < -0.3 is 15.6 Å². The van der Waals surface area contributed by atoms with E-state index in [1.807, 2.05) is 0 Å². The number of rotatable bonds is 2. The van der Waals surface area contributed by atoms with Crippen LogP contribution in [0.4, 0.5) is 5.69 Å². The average Bonchev–Trinajstić information content (AvgIpc) is 2.09. The van der Waals surface area contributed by atoms with Crippen LogP contribution in [0.25, 0.3) is 0 Å². The van der Waals surface area contributed by atoms with Gasteiger partial charge in [-0.25, -0.2) is 4.79 Å². The Morgan fingerprint density at radius 1 is 1.57 bits per heavy atom. The number of carbonyl (C=O) groups is 1. The minimum absolute atomic E-state index is 0. The molecule has 0 radical (unpaired) electrons. The molecule has 0 aromatic heterocycles. The normalized spacial score (nSPS) is 8.93. The lowest BCUT2D eigenvalue weighted by Gasteiger charge is -2.04. The predicted octanol–water partition coefficient (Wildman–Crippen LogP) is 1.57. The van der Waals surface area contributed by atoms with Crippen LogP contribution in [0.3, 0.4) is 0 Å². The van der Waals surface area contributed by atoms with Crippen LogP contribution >= 0.6 is 12.4 Å². The highest BCUT2D eigenvalue weighted by atomic mass is 35.5. The van der Waals surface area contributed by atoms with Gasteiger partial charge in [-0.15, -0.1) is 12.4 Å². The fourth-order valence-corrected chi connectivity index (χ4v) is 0.930. The van der Waals surface area contributed by atoms with Crippen LogP contribution in [0.5, 0.6) is 5.75 Å². The number of phenolic OH excluding ortho intramolecular Hbond substituents is 1. The van der Waals surface area contributed by atoms with Gasteiger partial charge in [0.1, 0.15) is 5.75 Å².